The van der Waals surface area contributed by atoms with Crippen molar-refractivity contribution in [2.24, 2.45) is 0 Å². The largest absolute Gasteiger partial charge is 0.415 e. The van der Waals surface area contributed by atoms with Crippen LogP contribution in [0, 0.1) is 5.21 Å². The molecule has 0 bridgehead atoms. The maximum atomic E-state index is 11.4. The van der Waals surface area contributed by atoms with Crippen LogP contribution in [0.3, 0.4) is 0 Å². The molecule has 0 aliphatic carbocycles. The normalized spacial score (nSPS) is 10.4. The number of aromatic nitrogens is 4. The van der Waals surface area contributed by atoms with E-state index < -0.39 is 18.6 Å². The molecule has 2 rings (SSSR count). The molecule has 108 valence electrons. The third kappa shape index (κ3) is 3.45. The van der Waals surface area contributed by atoms with Gasteiger partial charge in [0.15, 0.2) is 0 Å². The van der Waals surface area contributed by atoms with E-state index in [0.717, 1.165) is 0 Å². The fourth-order valence-corrected chi connectivity index (χ4v) is 1.46. The van der Waals surface area contributed by atoms with E-state index in [4.69, 9.17) is 9.84 Å². The van der Waals surface area contributed by atoms with Crippen LogP contribution in [0.1, 0.15) is 12.1 Å². The molecule has 20 heavy (non-hydrogen) atoms. The molecule has 0 radical (unpaired) electrons. The van der Waals surface area contributed by atoms with Crippen molar-refractivity contribution in [3.63, 3.8) is 0 Å². The molecule has 1 amide bonds. The van der Waals surface area contributed by atoms with Crippen LogP contribution in [-0.2, 0) is 13.2 Å². The number of nitrogens with one attached hydrogen (secondary N) is 1. The summed E-state index contributed by atoms with van der Waals surface area (Å²) >= 11 is 0. The molecule has 0 saturated heterocycles. The van der Waals surface area contributed by atoms with Crippen LogP contribution in [0.2, 0.25) is 0 Å². The van der Waals surface area contributed by atoms with E-state index >= 15 is 0 Å². The van der Waals surface area contributed by atoms with Gasteiger partial charge in [0.05, 0.1) is 6.33 Å². The van der Waals surface area contributed by atoms with E-state index in [1.54, 1.807) is 12.5 Å². The Hall–Kier alpha value is -2.62. The maximum absolute atomic E-state index is 11.4. The number of rotatable bonds is 6. The number of ether oxygens (including phenoxy) is 1. The van der Waals surface area contributed by atoms with Gasteiger partial charge in [-0.3, -0.25) is 4.63 Å². The van der Waals surface area contributed by atoms with Crippen LogP contribution in [0.5, 0.6) is 5.88 Å². The van der Waals surface area contributed by atoms with E-state index in [1.165, 1.54) is 0 Å². The highest BCUT2D eigenvalue weighted by Crippen LogP contribution is 2.09. The van der Waals surface area contributed by atoms with Gasteiger partial charge in [0.2, 0.25) is 0 Å². The van der Waals surface area contributed by atoms with Crippen molar-refractivity contribution < 1.29 is 24.2 Å². The number of carbonyl (C=O) groups excluding carboxylic acids is 1. The Morgan fingerprint density at radius 1 is 1.65 bits per heavy atom. The summed E-state index contributed by atoms with van der Waals surface area (Å²) in [5, 5.41) is 25.6. The quantitative estimate of drug-likeness (QED) is 0.523. The number of imidazole rings is 1. The Morgan fingerprint density at radius 2 is 2.50 bits per heavy atom. The van der Waals surface area contributed by atoms with Crippen LogP contribution in [0.4, 0.5) is 4.79 Å². The molecule has 2 N–H and O–H groups in total. The van der Waals surface area contributed by atoms with Crippen molar-refractivity contribution in [2.75, 3.05) is 6.54 Å². The van der Waals surface area contributed by atoms with Crippen molar-refractivity contribution >= 4 is 6.09 Å². The van der Waals surface area contributed by atoms with E-state index in [1.807, 2.05) is 10.8 Å². The first kappa shape index (κ1) is 13.8. The summed E-state index contributed by atoms with van der Waals surface area (Å²) in [4.78, 5) is 15.2. The molecule has 0 aromatic carbocycles. The second-order valence-electron chi connectivity index (χ2n) is 3.81. The second kappa shape index (κ2) is 6.52. The predicted molar refractivity (Wildman–Crippen MR) is 62.3 cm³/mol. The minimum atomic E-state index is -0.821. The van der Waals surface area contributed by atoms with Gasteiger partial charge in [-0.25, -0.2) is 9.78 Å². The Bertz CT molecular complexity index is 552. The third-order valence-electron chi connectivity index (χ3n) is 2.40. The molecule has 2 aromatic rings. The van der Waals surface area contributed by atoms with Gasteiger partial charge < -0.3 is 24.9 Å². The van der Waals surface area contributed by atoms with Gasteiger partial charge >= 0.3 is 12.0 Å². The molecule has 2 aromatic heterocycles. The molecule has 0 aliphatic rings. The lowest BCUT2D eigenvalue weighted by atomic mass is 10.4. The fraction of sp³-hybridized carbons (Fsp3) is 0.400. The summed E-state index contributed by atoms with van der Waals surface area (Å²) in [7, 11) is 0. The molecular formula is C10H13N5O5. The number of aliphatic hydroxyl groups excluding tert-OH is 1. The Balaban J connectivity index is 1.73. The van der Waals surface area contributed by atoms with Crippen LogP contribution < -0.4 is 15.0 Å². The highest BCUT2D eigenvalue weighted by atomic mass is 16.8. The Labute approximate surface area is 113 Å². The monoisotopic (exact) mass is 283 g/mol. The van der Waals surface area contributed by atoms with Gasteiger partial charge in [0.1, 0.15) is 6.61 Å². The zero-order valence-electron chi connectivity index (χ0n) is 10.4. The summed E-state index contributed by atoms with van der Waals surface area (Å²) in [6.07, 6.45) is 4.99. The number of amides is 1. The van der Waals surface area contributed by atoms with Crippen LogP contribution in [0.25, 0.3) is 0 Å². The number of aliphatic hydroxyl groups is 1. The lowest BCUT2D eigenvalue weighted by Gasteiger charge is -2.05. The minimum absolute atomic E-state index is 0.0867. The zero-order chi connectivity index (χ0) is 14.4. The Morgan fingerprint density at radius 3 is 3.20 bits per heavy atom. The highest BCUT2D eigenvalue weighted by molar-refractivity contribution is 5.69. The average Bonchev–Trinajstić information content (AvgIpc) is 3.06. The first-order valence-corrected chi connectivity index (χ1v) is 5.81. The summed E-state index contributed by atoms with van der Waals surface area (Å²) in [5.74, 6) is -0.473. The topological polar surface area (TPSA) is 129 Å². The zero-order valence-corrected chi connectivity index (χ0v) is 10.4. The molecular weight excluding hydrogens is 270 g/mol. The minimum Gasteiger partial charge on any atom is -0.387 e. The smallest absolute Gasteiger partial charge is 0.387 e. The number of hydrogen-bond donors (Lipinski definition) is 2. The molecule has 0 aliphatic heterocycles. The van der Waals surface area contributed by atoms with E-state index in [-0.39, 0.29) is 10.6 Å². The van der Waals surface area contributed by atoms with Crippen molar-refractivity contribution in [2.45, 2.75) is 19.6 Å². The van der Waals surface area contributed by atoms with Gasteiger partial charge in [-0.2, -0.15) is 0 Å². The SMILES string of the molecule is O=C(NCCCn1ccnc1)Oc1c(CO)no[n+]1[O-]. The fourth-order valence-electron chi connectivity index (χ4n) is 1.46. The first-order chi connectivity index (χ1) is 9.70. The summed E-state index contributed by atoms with van der Waals surface area (Å²) in [6, 6.07) is 0. The lowest BCUT2D eigenvalue weighted by Crippen LogP contribution is -2.34. The van der Waals surface area contributed by atoms with Crippen molar-refractivity contribution in [1.82, 2.24) is 20.0 Å². The molecule has 0 fully saturated rings. The van der Waals surface area contributed by atoms with Gasteiger partial charge in [-0.15, -0.1) is 0 Å². The van der Waals surface area contributed by atoms with Crippen molar-refractivity contribution in [3.8, 4) is 5.88 Å². The molecule has 0 spiro atoms. The predicted octanol–water partition coefficient (Wildman–Crippen LogP) is -0.825. The number of hydrogen-bond acceptors (Lipinski definition) is 7. The molecule has 10 heteroatoms. The van der Waals surface area contributed by atoms with Gasteiger partial charge in [-0.05, 0) is 11.3 Å². The van der Waals surface area contributed by atoms with E-state index in [2.05, 4.69) is 20.1 Å². The van der Waals surface area contributed by atoms with Crippen LogP contribution >= 0.6 is 0 Å². The van der Waals surface area contributed by atoms with Crippen LogP contribution in [0.15, 0.2) is 23.4 Å². The van der Waals surface area contributed by atoms with Crippen LogP contribution in [-0.4, -0.2) is 32.5 Å². The van der Waals surface area contributed by atoms with Crippen molar-refractivity contribution in [3.05, 3.63) is 29.6 Å². The Kier molecular flexibility index (Phi) is 4.50. The van der Waals surface area contributed by atoms with E-state index in [9.17, 15) is 10.0 Å². The molecule has 0 unspecified atom stereocenters. The van der Waals surface area contributed by atoms with Gasteiger partial charge in [0, 0.05) is 30.6 Å². The summed E-state index contributed by atoms with van der Waals surface area (Å²) in [5.41, 5.74) is -0.145. The van der Waals surface area contributed by atoms with Crippen molar-refractivity contribution in [1.29, 1.82) is 0 Å². The summed E-state index contributed by atoms with van der Waals surface area (Å²) < 4.78 is 10.8. The third-order valence-corrected chi connectivity index (χ3v) is 2.40. The maximum Gasteiger partial charge on any atom is 0.415 e. The molecule has 2 heterocycles. The number of carbonyl (C=O) groups is 1. The molecule has 10 nitrogen and oxygen atoms in total. The first-order valence-electron chi connectivity index (χ1n) is 5.81. The average molecular weight is 283 g/mol. The van der Waals surface area contributed by atoms with Gasteiger partial charge in [-0.1, -0.05) is 0 Å². The highest BCUT2D eigenvalue weighted by Gasteiger charge is 2.22. The van der Waals surface area contributed by atoms with E-state index in [0.29, 0.717) is 19.5 Å². The number of nitrogens with zero attached hydrogens (tertiary/aromatic N) is 4. The standard InChI is InChI=1S/C10H13N5O5/c16-6-8-9(15(18)20-13-8)19-10(17)12-2-1-4-14-5-3-11-7-14/h3,5,7,16H,1-2,4,6H2,(H,12,17). The number of aryl methyl sites for hydroxylation is 1. The molecule has 0 saturated carbocycles. The summed E-state index contributed by atoms with van der Waals surface area (Å²) in [6.45, 7) is 0.481. The molecule has 0 atom stereocenters. The second-order valence-corrected chi connectivity index (χ2v) is 3.81. The lowest BCUT2D eigenvalue weighted by molar-refractivity contribution is -0.804. The van der Waals surface area contributed by atoms with Gasteiger partial charge in [0.25, 0.3) is 5.69 Å².